The summed E-state index contributed by atoms with van der Waals surface area (Å²) >= 11 is 0. The fraction of sp³-hybridized carbons (Fsp3) is 0.208. The lowest BCUT2D eigenvalue weighted by Gasteiger charge is -2.16. The zero-order chi connectivity index (χ0) is 18.4. The fourth-order valence-corrected chi connectivity index (χ4v) is 3.91. The molecule has 26 heavy (non-hydrogen) atoms. The van der Waals surface area contributed by atoms with Crippen LogP contribution in [-0.2, 0) is 0 Å². The molecule has 0 atom stereocenters. The number of pyridine rings is 1. The van der Waals surface area contributed by atoms with Crippen LogP contribution >= 0.6 is 0 Å². The Labute approximate surface area is 153 Å². The minimum absolute atomic E-state index is 0.213. The second kappa shape index (κ2) is 6.21. The zero-order valence-corrected chi connectivity index (χ0v) is 15.6. The molecule has 0 spiro atoms. The van der Waals surface area contributed by atoms with Gasteiger partial charge in [0.1, 0.15) is 5.82 Å². The molecule has 0 radical (unpaired) electrons. The van der Waals surface area contributed by atoms with Gasteiger partial charge in [-0.1, -0.05) is 43.2 Å². The van der Waals surface area contributed by atoms with Crippen LogP contribution < -0.4 is 0 Å². The van der Waals surface area contributed by atoms with Crippen LogP contribution in [0.5, 0.6) is 0 Å². The highest BCUT2D eigenvalue weighted by Crippen LogP contribution is 2.37. The van der Waals surface area contributed by atoms with Crippen molar-refractivity contribution < 1.29 is 4.39 Å². The number of halogens is 1. The molecule has 2 heteroatoms. The summed E-state index contributed by atoms with van der Waals surface area (Å²) in [5.74, 6) is 0.153. The predicted octanol–water partition coefficient (Wildman–Crippen LogP) is 6.93. The molecule has 1 heterocycles. The molecule has 0 unspecified atom stereocenters. The fourth-order valence-electron chi connectivity index (χ4n) is 3.91. The maximum atomic E-state index is 14.1. The minimum atomic E-state index is -0.213. The summed E-state index contributed by atoms with van der Waals surface area (Å²) in [7, 11) is 0. The van der Waals surface area contributed by atoms with Crippen LogP contribution in [0.15, 0.2) is 54.7 Å². The summed E-state index contributed by atoms with van der Waals surface area (Å²) in [5, 5.41) is 4.17. The van der Waals surface area contributed by atoms with Crippen LogP contribution in [0.25, 0.3) is 32.8 Å². The van der Waals surface area contributed by atoms with Crippen LogP contribution in [-0.4, -0.2) is 4.98 Å². The second-order valence-electron chi connectivity index (χ2n) is 7.44. The Hall–Kier alpha value is -2.74. The lowest BCUT2D eigenvalue weighted by molar-refractivity contribution is 0.630. The van der Waals surface area contributed by atoms with E-state index < -0.39 is 0 Å². The molecule has 0 saturated carbocycles. The van der Waals surface area contributed by atoms with Crippen molar-refractivity contribution in [1.29, 1.82) is 0 Å². The lowest BCUT2D eigenvalue weighted by Crippen LogP contribution is -1.95. The molecule has 0 aliphatic heterocycles. The Kier molecular flexibility index (Phi) is 3.99. The van der Waals surface area contributed by atoms with Gasteiger partial charge in [0.15, 0.2) is 0 Å². The average Bonchev–Trinajstić information content (AvgIpc) is 2.59. The molecule has 0 aliphatic carbocycles. The first-order valence-electron chi connectivity index (χ1n) is 9.03. The highest BCUT2D eigenvalue weighted by molar-refractivity contribution is 6.14. The summed E-state index contributed by atoms with van der Waals surface area (Å²) in [6.07, 6.45) is 1.85. The number of fused-ring (bicyclic) bond motifs is 3. The largest absolute Gasteiger partial charge is 0.256 e. The molecule has 3 aromatic carbocycles. The smallest absolute Gasteiger partial charge is 0.123 e. The van der Waals surface area contributed by atoms with Gasteiger partial charge in [-0.3, -0.25) is 4.98 Å². The first kappa shape index (κ1) is 16.7. The number of hydrogen-bond acceptors (Lipinski definition) is 1. The highest BCUT2D eigenvalue weighted by atomic mass is 19.1. The molecular weight excluding hydrogens is 321 g/mol. The highest BCUT2D eigenvalue weighted by Gasteiger charge is 2.15. The van der Waals surface area contributed by atoms with Gasteiger partial charge in [-0.2, -0.15) is 0 Å². The normalized spacial score (nSPS) is 11.6. The molecule has 0 fully saturated rings. The summed E-state index contributed by atoms with van der Waals surface area (Å²) < 4.78 is 14.1. The summed E-state index contributed by atoms with van der Waals surface area (Å²) in [6, 6.07) is 15.8. The first-order chi connectivity index (χ1) is 12.4. The summed E-state index contributed by atoms with van der Waals surface area (Å²) in [5.41, 5.74) is 5.64. The number of aromatic nitrogens is 1. The SMILES string of the molecule is Cc1cc(C)cc(-c2nccc3cc(C(C)C)c4ccc(F)cc4c23)c1. The van der Waals surface area contributed by atoms with Gasteiger partial charge in [-0.25, -0.2) is 4.39 Å². The maximum Gasteiger partial charge on any atom is 0.123 e. The molecular formula is C24H22FN. The Morgan fingerprint density at radius 1 is 0.846 bits per heavy atom. The van der Waals surface area contributed by atoms with E-state index in [2.05, 4.69) is 52.0 Å². The molecule has 0 saturated heterocycles. The topological polar surface area (TPSA) is 12.9 Å². The molecule has 0 bridgehead atoms. The number of hydrogen-bond donors (Lipinski definition) is 0. The van der Waals surface area contributed by atoms with E-state index in [9.17, 15) is 4.39 Å². The van der Waals surface area contributed by atoms with Gasteiger partial charge in [0.05, 0.1) is 5.69 Å². The quantitative estimate of drug-likeness (QED) is 0.359. The van der Waals surface area contributed by atoms with E-state index in [0.29, 0.717) is 5.92 Å². The van der Waals surface area contributed by atoms with Crippen LogP contribution in [0.1, 0.15) is 36.5 Å². The van der Waals surface area contributed by atoms with E-state index in [1.165, 1.54) is 16.7 Å². The Bertz CT molecular complexity index is 1120. The molecule has 0 amide bonds. The van der Waals surface area contributed by atoms with Crippen molar-refractivity contribution in [2.75, 3.05) is 0 Å². The maximum absolute atomic E-state index is 14.1. The van der Waals surface area contributed by atoms with Gasteiger partial charge < -0.3 is 0 Å². The van der Waals surface area contributed by atoms with Gasteiger partial charge in [0, 0.05) is 17.1 Å². The van der Waals surface area contributed by atoms with Crippen molar-refractivity contribution >= 4 is 21.5 Å². The van der Waals surface area contributed by atoms with Crippen LogP contribution in [0, 0.1) is 19.7 Å². The molecule has 130 valence electrons. The summed E-state index contributed by atoms with van der Waals surface area (Å²) in [4.78, 5) is 4.69. The van der Waals surface area contributed by atoms with Crippen molar-refractivity contribution in [1.82, 2.24) is 4.98 Å². The molecule has 4 rings (SSSR count). The molecule has 1 aromatic heterocycles. The summed E-state index contributed by atoms with van der Waals surface area (Å²) in [6.45, 7) is 8.54. The van der Waals surface area contributed by atoms with E-state index in [4.69, 9.17) is 4.98 Å². The Morgan fingerprint density at radius 2 is 1.58 bits per heavy atom. The van der Waals surface area contributed by atoms with Gasteiger partial charge in [0.2, 0.25) is 0 Å². The number of nitrogens with zero attached hydrogens (tertiary/aromatic N) is 1. The van der Waals surface area contributed by atoms with E-state index >= 15 is 0 Å². The Balaban J connectivity index is 2.18. The third kappa shape index (κ3) is 2.76. The Morgan fingerprint density at radius 3 is 2.27 bits per heavy atom. The van der Waals surface area contributed by atoms with Crippen molar-refractivity contribution in [3.63, 3.8) is 0 Å². The van der Waals surface area contributed by atoms with E-state index in [1.54, 1.807) is 12.1 Å². The van der Waals surface area contributed by atoms with E-state index in [0.717, 1.165) is 32.8 Å². The van der Waals surface area contributed by atoms with E-state index in [-0.39, 0.29) is 5.82 Å². The number of benzene rings is 3. The van der Waals surface area contributed by atoms with Crippen LogP contribution in [0.3, 0.4) is 0 Å². The van der Waals surface area contributed by atoms with Crippen molar-refractivity contribution in [3.05, 3.63) is 77.2 Å². The van der Waals surface area contributed by atoms with Crippen molar-refractivity contribution in [2.45, 2.75) is 33.6 Å². The van der Waals surface area contributed by atoms with Gasteiger partial charge in [0.25, 0.3) is 0 Å². The van der Waals surface area contributed by atoms with E-state index in [1.807, 2.05) is 18.3 Å². The molecule has 1 nitrogen and oxygen atoms in total. The number of aryl methyl sites for hydroxylation is 2. The third-order valence-electron chi connectivity index (χ3n) is 4.97. The van der Waals surface area contributed by atoms with Crippen molar-refractivity contribution in [3.8, 4) is 11.3 Å². The number of rotatable bonds is 2. The zero-order valence-electron chi connectivity index (χ0n) is 15.6. The first-order valence-corrected chi connectivity index (χ1v) is 9.03. The minimum Gasteiger partial charge on any atom is -0.256 e. The van der Waals surface area contributed by atoms with Crippen LogP contribution in [0.4, 0.5) is 4.39 Å². The molecule has 0 N–H and O–H groups in total. The second-order valence-corrected chi connectivity index (χ2v) is 7.44. The van der Waals surface area contributed by atoms with Crippen LogP contribution in [0.2, 0.25) is 0 Å². The molecule has 0 aliphatic rings. The van der Waals surface area contributed by atoms with Gasteiger partial charge in [-0.15, -0.1) is 0 Å². The van der Waals surface area contributed by atoms with Gasteiger partial charge >= 0.3 is 0 Å². The standard InChI is InChI=1S/C24H22FN/c1-14(2)21-12-17-7-8-26-24(18-10-15(3)9-16(4)11-18)23(17)22-13-19(25)5-6-20(21)22/h5-14H,1-4H3. The lowest BCUT2D eigenvalue weighted by atomic mass is 9.90. The van der Waals surface area contributed by atoms with Crippen molar-refractivity contribution in [2.24, 2.45) is 0 Å². The predicted molar refractivity (Wildman–Crippen MR) is 108 cm³/mol. The third-order valence-corrected chi connectivity index (χ3v) is 4.97. The monoisotopic (exact) mass is 343 g/mol. The average molecular weight is 343 g/mol. The molecule has 4 aromatic rings. The van der Waals surface area contributed by atoms with Gasteiger partial charge in [-0.05, 0) is 71.8 Å².